The van der Waals surface area contributed by atoms with E-state index in [0.717, 1.165) is 29.5 Å². The Morgan fingerprint density at radius 2 is 1.90 bits per heavy atom. The van der Waals surface area contributed by atoms with Crippen molar-refractivity contribution in [3.63, 3.8) is 0 Å². The van der Waals surface area contributed by atoms with Gasteiger partial charge in [0.1, 0.15) is 4.67 Å². The van der Waals surface area contributed by atoms with Crippen molar-refractivity contribution in [1.29, 1.82) is 0 Å². The molecule has 1 aliphatic carbocycles. The summed E-state index contributed by atoms with van der Waals surface area (Å²) in [4.78, 5) is 33.0. The van der Waals surface area contributed by atoms with Gasteiger partial charge in [-0.1, -0.05) is 34.1 Å². The Hall–Kier alpha value is -1.47. The number of unbranched alkanes of at least 4 members (excludes halogenated alkanes) is 1. The van der Waals surface area contributed by atoms with Gasteiger partial charge in [0.05, 0.1) is 11.5 Å². The van der Waals surface area contributed by atoms with Gasteiger partial charge in [0, 0.05) is 36.3 Å². The van der Waals surface area contributed by atoms with E-state index in [1.807, 2.05) is 20.8 Å². The number of carbonyl (C=O) groups excluding carboxylic acids is 2. The summed E-state index contributed by atoms with van der Waals surface area (Å²) in [6.07, 6.45) is 6.16. The molecule has 1 N–H and O–H groups in total. The number of rotatable bonds is 5. The average molecular weight is 450 g/mol. The molecule has 2 heterocycles. The fraction of sp³-hybridized carbons (Fsp3) is 0.792. The van der Waals surface area contributed by atoms with Gasteiger partial charge in [0.15, 0.2) is 0 Å². The highest BCUT2D eigenvalue weighted by molar-refractivity contribution is 7.04. The summed E-state index contributed by atoms with van der Waals surface area (Å²) in [7, 11) is 0. The zero-order valence-corrected chi connectivity index (χ0v) is 21.0. The number of aliphatic hydroxyl groups excluding tert-OH is 1. The van der Waals surface area contributed by atoms with Crippen molar-refractivity contribution < 1.29 is 14.7 Å². The molecule has 2 unspecified atom stereocenters. The van der Waals surface area contributed by atoms with E-state index in [1.54, 1.807) is 16.4 Å². The van der Waals surface area contributed by atoms with Crippen LogP contribution in [0.25, 0.3) is 0 Å². The van der Waals surface area contributed by atoms with Crippen LogP contribution in [0.15, 0.2) is 11.2 Å². The zero-order valence-electron chi connectivity index (χ0n) is 20.2. The number of likely N-dealkylation sites (tertiary alicyclic amines) is 1. The molecular formula is C24H39N3O3S. The molecule has 31 heavy (non-hydrogen) atoms. The minimum Gasteiger partial charge on any atom is -0.389 e. The molecule has 2 amide bonds. The maximum atomic E-state index is 13.6. The van der Waals surface area contributed by atoms with Crippen LogP contribution in [0.2, 0.25) is 0 Å². The lowest BCUT2D eigenvalue weighted by molar-refractivity contribution is -0.151. The van der Waals surface area contributed by atoms with Gasteiger partial charge < -0.3 is 10.0 Å². The van der Waals surface area contributed by atoms with Crippen LogP contribution in [0.3, 0.4) is 0 Å². The quantitative estimate of drug-likeness (QED) is 0.744. The molecule has 0 bridgehead atoms. The first-order valence-corrected chi connectivity index (χ1v) is 12.4. The van der Waals surface area contributed by atoms with Crippen LogP contribution in [0.4, 0.5) is 0 Å². The Balaban J connectivity index is 1.90. The fourth-order valence-corrected chi connectivity index (χ4v) is 5.76. The zero-order chi connectivity index (χ0) is 23.2. The van der Waals surface area contributed by atoms with Gasteiger partial charge in [-0.15, -0.1) is 0 Å². The van der Waals surface area contributed by atoms with E-state index in [9.17, 15) is 14.7 Å². The molecule has 3 rings (SSSR count). The number of nitrogens with zero attached hydrogens (tertiary/aromatic N) is 3. The van der Waals surface area contributed by atoms with E-state index < -0.39 is 16.9 Å². The molecule has 1 aromatic heterocycles. The minimum absolute atomic E-state index is 0.0573. The highest BCUT2D eigenvalue weighted by Gasteiger charge is 2.59. The van der Waals surface area contributed by atoms with E-state index in [2.05, 4.69) is 42.8 Å². The van der Waals surface area contributed by atoms with Gasteiger partial charge in [-0.05, 0) is 63.4 Å². The topological polar surface area (TPSA) is 74.9 Å². The first kappa shape index (κ1) is 24.2. The largest absolute Gasteiger partial charge is 0.389 e. The lowest BCUT2D eigenvalue weighted by Crippen LogP contribution is -2.57. The highest BCUT2D eigenvalue weighted by Crippen LogP contribution is 2.57. The SMILES string of the molecule is CCCCc1cn(C(C)(C)C)sc1=NC(=O)C1(C)CCC(C(=O)N2CC(O)C2)C1(C)C. The van der Waals surface area contributed by atoms with Gasteiger partial charge >= 0.3 is 0 Å². The summed E-state index contributed by atoms with van der Waals surface area (Å²) < 4.78 is 3.00. The van der Waals surface area contributed by atoms with E-state index in [0.29, 0.717) is 25.9 Å². The first-order valence-electron chi connectivity index (χ1n) is 11.6. The number of amides is 2. The Labute approximate surface area is 190 Å². The van der Waals surface area contributed by atoms with Crippen molar-refractivity contribution in [3.05, 3.63) is 16.4 Å². The molecule has 1 saturated heterocycles. The van der Waals surface area contributed by atoms with Crippen LogP contribution >= 0.6 is 11.5 Å². The van der Waals surface area contributed by atoms with Gasteiger partial charge in [0.25, 0.3) is 5.91 Å². The normalized spacial score (nSPS) is 26.9. The van der Waals surface area contributed by atoms with Crippen LogP contribution in [0, 0.1) is 16.7 Å². The molecule has 2 aliphatic rings. The van der Waals surface area contributed by atoms with Crippen molar-refractivity contribution in [2.24, 2.45) is 21.7 Å². The molecule has 1 aliphatic heterocycles. The van der Waals surface area contributed by atoms with Gasteiger partial charge in [-0.25, -0.2) is 4.99 Å². The lowest BCUT2D eigenvalue weighted by atomic mass is 9.65. The number of hydrogen-bond donors (Lipinski definition) is 1. The van der Waals surface area contributed by atoms with E-state index in [-0.39, 0.29) is 23.3 Å². The third-order valence-electron chi connectivity index (χ3n) is 7.57. The molecule has 7 heteroatoms. The lowest BCUT2D eigenvalue weighted by Gasteiger charge is -2.43. The predicted molar refractivity (Wildman–Crippen MR) is 124 cm³/mol. The molecule has 1 aromatic rings. The van der Waals surface area contributed by atoms with Gasteiger partial charge in [-0.2, -0.15) is 0 Å². The summed E-state index contributed by atoms with van der Waals surface area (Å²) in [6, 6.07) is 0. The molecule has 0 spiro atoms. The van der Waals surface area contributed by atoms with Crippen LogP contribution in [0.5, 0.6) is 0 Å². The summed E-state index contributed by atoms with van der Waals surface area (Å²) in [5.41, 5.74) is -0.101. The molecule has 0 radical (unpaired) electrons. The Morgan fingerprint density at radius 1 is 1.26 bits per heavy atom. The second-order valence-electron chi connectivity index (χ2n) is 11.1. The Morgan fingerprint density at radius 3 is 2.45 bits per heavy atom. The number of hydrogen-bond acceptors (Lipinski definition) is 4. The number of aryl methyl sites for hydroxylation is 1. The summed E-state index contributed by atoms with van der Waals surface area (Å²) in [5, 5.41) is 9.58. The van der Waals surface area contributed by atoms with E-state index in [1.165, 1.54) is 0 Å². The summed E-state index contributed by atoms with van der Waals surface area (Å²) in [5.74, 6) is -0.263. The van der Waals surface area contributed by atoms with Crippen LogP contribution in [-0.2, 0) is 21.5 Å². The van der Waals surface area contributed by atoms with Crippen molar-refractivity contribution >= 4 is 23.3 Å². The summed E-state index contributed by atoms with van der Waals surface area (Å²) >= 11 is 1.55. The minimum atomic E-state index is -0.685. The van der Waals surface area contributed by atoms with Crippen molar-refractivity contribution in [1.82, 2.24) is 8.86 Å². The first-order chi connectivity index (χ1) is 14.3. The van der Waals surface area contributed by atoms with Gasteiger partial charge in [-0.3, -0.25) is 13.5 Å². The fourth-order valence-electron chi connectivity index (χ4n) is 4.72. The van der Waals surface area contributed by atoms with Crippen molar-refractivity contribution in [3.8, 4) is 0 Å². The molecule has 1 saturated carbocycles. The van der Waals surface area contributed by atoms with Crippen molar-refractivity contribution in [2.45, 2.75) is 92.2 Å². The maximum Gasteiger partial charge on any atom is 0.253 e. The molecule has 0 aromatic carbocycles. The number of carbonyl (C=O) groups is 2. The summed E-state index contributed by atoms with van der Waals surface area (Å²) in [6.45, 7) is 15.5. The second kappa shape index (κ2) is 8.47. The third kappa shape index (κ3) is 4.40. The maximum absolute atomic E-state index is 13.6. The van der Waals surface area contributed by atoms with Crippen LogP contribution in [0.1, 0.15) is 79.7 Å². The van der Waals surface area contributed by atoms with Crippen LogP contribution < -0.4 is 4.67 Å². The monoisotopic (exact) mass is 449 g/mol. The smallest absolute Gasteiger partial charge is 0.253 e. The molecule has 2 atom stereocenters. The molecule has 2 fully saturated rings. The number of β-amino-alcohol motifs (C(OH)–C–C–N with tert-alkyl or cyclic N) is 1. The third-order valence-corrected chi connectivity index (χ3v) is 8.94. The standard InChI is InChI=1S/C24H39N3O3S/c1-8-9-10-16-13-27(22(2,3)4)31-19(16)25-21(30)24(7)12-11-18(23(24,5)6)20(29)26-14-17(28)15-26/h13,17-18,28H,8-12,14-15H2,1-7H3. The second-order valence-corrected chi connectivity index (χ2v) is 12.1. The van der Waals surface area contributed by atoms with Gasteiger partial charge in [0.2, 0.25) is 5.91 Å². The Bertz CT molecular complexity index is 902. The number of aromatic nitrogens is 1. The van der Waals surface area contributed by atoms with Crippen LogP contribution in [-0.4, -0.2) is 45.0 Å². The molecule has 6 nitrogen and oxygen atoms in total. The molecule has 174 valence electrons. The number of aliphatic hydroxyl groups is 1. The van der Waals surface area contributed by atoms with E-state index in [4.69, 9.17) is 0 Å². The van der Waals surface area contributed by atoms with E-state index >= 15 is 0 Å². The predicted octanol–water partition coefficient (Wildman–Crippen LogP) is 3.72. The highest BCUT2D eigenvalue weighted by atomic mass is 32.1. The molecular weight excluding hydrogens is 410 g/mol. The Kier molecular flexibility index (Phi) is 6.61. The average Bonchev–Trinajstić information content (AvgIpc) is 3.16. The van der Waals surface area contributed by atoms with Crippen molar-refractivity contribution in [2.75, 3.05) is 13.1 Å².